The zero-order valence-electron chi connectivity index (χ0n) is 14.3. The second-order valence-electron chi connectivity index (χ2n) is 6.63. The number of amides is 2. The first-order valence-corrected chi connectivity index (χ1v) is 10.1. The fourth-order valence-corrected chi connectivity index (χ4v) is 5.10. The van der Waals surface area contributed by atoms with Gasteiger partial charge in [0.25, 0.3) is 5.91 Å². The van der Waals surface area contributed by atoms with Crippen molar-refractivity contribution in [3.8, 4) is 0 Å². The molecule has 0 aliphatic carbocycles. The molecule has 0 bridgehead atoms. The number of sulfonamides is 1. The topological polar surface area (TPSA) is 74.8 Å². The Morgan fingerprint density at radius 2 is 1.88 bits per heavy atom. The quantitative estimate of drug-likeness (QED) is 0.813. The summed E-state index contributed by atoms with van der Waals surface area (Å²) < 4.78 is 25.1. The average molecular weight is 370 g/mol. The highest BCUT2D eigenvalue weighted by atomic mass is 32.2. The lowest BCUT2D eigenvalue weighted by Crippen LogP contribution is -2.36. The molecule has 26 heavy (non-hydrogen) atoms. The zero-order chi connectivity index (χ0) is 18.5. The summed E-state index contributed by atoms with van der Waals surface area (Å²) in [4.78, 5) is 26.8. The van der Waals surface area contributed by atoms with Gasteiger partial charge in [-0.3, -0.25) is 9.59 Å². The predicted molar refractivity (Wildman–Crippen MR) is 98.7 cm³/mol. The van der Waals surface area contributed by atoms with Crippen molar-refractivity contribution in [3.05, 3.63) is 59.7 Å². The van der Waals surface area contributed by atoms with Crippen LogP contribution < -0.4 is 9.21 Å². The first-order chi connectivity index (χ1) is 12.4. The normalized spacial score (nSPS) is 21.1. The number of carbonyl (C=O) groups is 2. The van der Waals surface area contributed by atoms with Crippen LogP contribution in [0.1, 0.15) is 29.3 Å². The maximum atomic E-state index is 13.1. The fraction of sp³-hybridized carbons (Fsp3) is 0.263. The molecule has 0 radical (unpaired) electrons. The molecule has 0 N–H and O–H groups in total. The Morgan fingerprint density at radius 3 is 2.62 bits per heavy atom. The molecule has 1 atom stereocenters. The van der Waals surface area contributed by atoms with Crippen LogP contribution in [0.4, 0.5) is 11.4 Å². The van der Waals surface area contributed by atoms with E-state index in [4.69, 9.17) is 0 Å². The first-order valence-electron chi connectivity index (χ1n) is 8.46. The summed E-state index contributed by atoms with van der Waals surface area (Å²) in [5.74, 6) is -0.858. The molecule has 0 spiro atoms. The Hall–Kier alpha value is -2.67. The largest absolute Gasteiger partial charge is 0.305 e. The standard InChI is InChI=1S/C19H18N2O4S/c1-13-11-14-5-2-3-8-17(14)20(13)19(23)15-6-4-7-16(12-15)21-18(22)9-10-26(21,24)25/h2-8,12-13H,9-11H2,1H3. The van der Waals surface area contributed by atoms with Gasteiger partial charge in [0.2, 0.25) is 15.9 Å². The van der Waals surface area contributed by atoms with E-state index in [2.05, 4.69) is 0 Å². The van der Waals surface area contributed by atoms with Gasteiger partial charge in [0.05, 0.1) is 11.4 Å². The van der Waals surface area contributed by atoms with Crippen LogP contribution in [0.2, 0.25) is 0 Å². The second kappa shape index (κ2) is 5.95. The smallest absolute Gasteiger partial charge is 0.258 e. The van der Waals surface area contributed by atoms with E-state index in [0.717, 1.165) is 22.0 Å². The highest BCUT2D eigenvalue weighted by molar-refractivity contribution is 7.94. The SMILES string of the molecule is CC1Cc2ccccc2N1C(=O)c1cccc(N2C(=O)CCS2(=O)=O)c1. The van der Waals surface area contributed by atoms with Crippen LogP contribution in [0.15, 0.2) is 48.5 Å². The summed E-state index contributed by atoms with van der Waals surface area (Å²) in [6.07, 6.45) is 0.748. The second-order valence-corrected chi connectivity index (χ2v) is 8.57. The summed E-state index contributed by atoms with van der Waals surface area (Å²) in [5.41, 5.74) is 2.57. The van der Waals surface area contributed by atoms with E-state index in [1.54, 1.807) is 23.1 Å². The molecule has 1 unspecified atom stereocenters. The van der Waals surface area contributed by atoms with Crippen molar-refractivity contribution in [1.82, 2.24) is 0 Å². The van der Waals surface area contributed by atoms with E-state index in [1.807, 2.05) is 31.2 Å². The molecule has 6 nitrogen and oxygen atoms in total. The third-order valence-corrected chi connectivity index (χ3v) is 6.52. The molecule has 2 amide bonds. The summed E-state index contributed by atoms with van der Waals surface area (Å²) >= 11 is 0. The van der Waals surface area contributed by atoms with Gasteiger partial charge in [-0.1, -0.05) is 24.3 Å². The van der Waals surface area contributed by atoms with Gasteiger partial charge in [-0.25, -0.2) is 12.7 Å². The Bertz CT molecular complexity index is 1020. The fourth-order valence-electron chi connectivity index (χ4n) is 3.65. The maximum Gasteiger partial charge on any atom is 0.258 e. The van der Waals surface area contributed by atoms with Crippen molar-refractivity contribution < 1.29 is 18.0 Å². The third-order valence-electron chi connectivity index (χ3n) is 4.83. The molecule has 2 aliphatic heterocycles. The Morgan fingerprint density at radius 1 is 1.12 bits per heavy atom. The molecule has 2 aromatic carbocycles. The lowest BCUT2D eigenvalue weighted by molar-refractivity contribution is -0.116. The number of hydrogen-bond acceptors (Lipinski definition) is 4. The summed E-state index contributed by atoms with van der Waals surface area (Å²) in [6, 6.07) is 14.0. The van der Waals surface area contributed by atoms with E-state index in [0.29, 0.717) is 5.56 Å². The van der Waals surface area contributed by atoms with Gasteiger partial charge < -0.3 is 4.90 Å². The number of fused-ring (bicyclic) bond motifs is 1. The molecule has 2 heterocycles. The maximum absolute atomic E-state index is 13.1. The minimum absolute atomic E-state index is 0.0145. The average Bonchev–Trinajstić information content (AvgIpc) is 3.09. The van der Waals surface area contributed by atoms with E-state index >= 15 is 0 Å². The summed E-state index contributed by atoms with van der Waals surface area (Å²) in [7, 11) is -3.65. The Kier molecular flexibility index (Phi) is 3.84. The molecular formula is C19H18N2O4S. The number of rotatable bonds is 2. The molecule has 2 aromatic rings. The highest BCUT2D eigenvalue weighted by Gasteiger charge is 2.37. The molecular weight excluding hydrogens is 352 g/mol. The molecule has 134 valence electrons. The Labute approximate surface area is 152 Å². The Balaban J connectivity index is 1.72. The molecule has 0 aromatic heterocycles. The lowest BCUT2D eigenvalue weighted by Gasteiger charge is -2.23. The van der Waals surface area contributed by atoms with Gasteiger partial charge in [-0.05, 0) is 43.2 Å². The van der Waals surface area contributed by atoms with Gasteiger partial charge >= 0.3 is 0 Å². The van der Waals surface area contributed by atoms with Crippen molar-refractivity contribution in [2.75, 3.05) is 15.0 Å². The number of carbonyl (C=O) groups excluding carboxylic acids is 2. The van der Waals surface area contributed by atoms with Crippen molar-refractivity contribution >= 4 is 33.2 Å². The number of benzene rings is 2. The number of anilines is 2. The van der Waals surface area contributed by atoms with E-state index in [9.17, 15) is 18.0 Å². The van der Waals surface area contributed by atoms with Crippen molar-refractivity contribution in [1.29, 1.82) is 0 Å². The van der Waals surface area contributed by atoms with E-state index < -0.39 is 15.9 Å². The van der Waals surface area contributed by atoms with Crippen LogP contribution in [-0.4, -0.2) is 32.0 Å². The molecule has 2 aliphatic rings. The highest BCUT2D eigenvalue weighted by Crippen LogP contribution is 2.34. The van der Waals surface area contributed by atoms with Crippen LogP contribution in [0.5, 0.6) is 0 Å². The number of nitrogens with zero attached hydrogens (tertiary/aromatic N) is 2. The van der Waals surface area contributed by atoms with Gasteiger partial charge in [0.1, 0.15) is 0 Å². The van der Waals surface area contributed by atoms with E-state index in [-0.39, 0.29) is 29.8 Å². The zero-order valence-corrected chi connectivity index (χ0v) is 15.1. The minimum Gasteiger partial charge on any atom is -0.305 e. The lowest BCUT2D eigenvalue weighted by atomic mass is 10.1. The molecule has 0 saturated carbocycles. The molecule has 7 heteroatoms. The molecule has 4 rings (SSSR count). The first kappa shape index (κ1) is 16.8. The number of para-hydroxylation sites is 1. The van der Waals surface area contributed by atoms with Gasteiger partial charge in [-0.15, -0.1) is 0 Å². The van der Waals surface area contributed by atoms with Crippen LogP contribution in [0, 0.1) is 0 Å². The predicted octanol–water partition coefficient (Wildman–Crippen LogP) is 2.34. The van der Waals surface area contributed by atoms with Crippen LogP contribution in [-0.2, 0) is 21.2 Å². The molecule has 1 saturated heterocycles. The van der Waals surface area contributed by atoms with Gasteiger partial charge in [-0.2, -0.15) is 0 Å². The van der Waals surface area contributed by atoms with Crippen LogP contribution in [0.3, 0.4) is 0 Å². The minimum atomic E-state index is -3.65. The van der Waals surface area contributed by atoms with Crippen LogP contribution in [0.25, 0.3) is 0 Å². The molecule has 1 fully saturated rings. The summed E-state index contributed by atoms with van der Waals surface area (Å²) in [5, 5.41) is 0. The van der Waals surface area contributed by atoms with E-state index in [1.165, 1.54) is 6.07 Å². The van der Waals surface area contributed by atoms with Crippen LogP contribution >= 0.6 is 0 Å². The van der Waals surface area contributed by atoms with Crippen molar-refractivity contribution in [3.63, 3.8) is 0 Å². The van der Waals surface area contributed by atoms with Gasteiger partial charge in [0, 0.05) is 23.7 Å². The summed E-state index contributed by atoms with van der Waals surface area (Å²) in [6.45, 7) is 1.98. The third kappa shape index (κ3) is 2.59. The van der Waals surface area contributed by atoms with Crippen molar-refractivity contribution in [2.24, 2.45) is 0 Å². The van der Waals surface area contributed by atoms with Crippen molar-refractivity contribution in [2.45, 2.75) is 25.8 Å². The number of hydrogen-bond donors (Lipinski definition) is 0. The monoisotopic (exact) mass is 370 g/mol. The van der Waals surface area contributed by atoms with Gasteiger partial charge in [0.15, 0.2) is 0 Å².